The van der Waals surface area contributed by atoms with Gasteiger partial charge in [0.25, 0.3) is 0 Å². The van der Waals surface area contributed by atoms with Crippen molar-refractivity contribution >= 4 is 18.0 Å². The molecular formula is C26H30N2O6. The van der Waals surface area contributed by atoms with Gasteiger partial charge in [0.15, 0.2) is 0 Å². The minimum atomic E-state index is -1.04. The summed E-state index contributed by atoms with van der Waals surface area (Å²) in [6.45, 7) is 4.38. The number of likely N-dealkylation sites (tertiary alicyclic amines) is 1. The van der Waals surface area contributed by atoms with Crippen LogP contribution in [0.3, 0.4) is 0 Å². The number of carboxylic acids is 1. The fraction of sp³-hybridized carbons (Fsp3) is 0.423. The molecule has 2 aromatic carbocycles. The van der Waals surface area contributed by atoms with Crippen LogP contribution in [0.5, 0.6) is 0 Å². The number of carboxylic acid groups (broad SMARTS) is 1. The van der Waals surface area contributed by atoms with E-state index in [2.05, 4.69) is 29.6 Å². The smallest absolute Gasteiger partial charge is 0.407 e. The van der Waals surface area contributed by atoms with Crippen LogP contribution in [0.2, 0.25) is 0 Å². The molecule has 2 aromatic rings. The van der Waals surface area contributed by atoms with Gasteiger partial charge in [-0.15, -0.1) is 0 Å². The molecule has 8 nitrogen and oxygen atoms in total. The summed E-state index contributed by atoms with van der Waals surface area (Å²) in [5.74, 6) is -1.13. The second-order valence-corrected chi connectivity index (χ2v) is 9.22. The Kier molecular flexibility index (Phi) is 7.17. The lowest BCUT2D eigenvalue weighted by Gasteiger charge is -2.40. The fourth-order valence-corrected chi connectivity index (χ4v) is 4.61. The normalized spacial score (nSPS) is 15.9. The van der Waals surface area contributed by atoms with Gasteiger partial charge in [-0.2, -0.15) is 0 Å². The summed E-state index contributed by atoms with van der Waals surface area (Å²) < 4.78 is 10.8. The number of nitrogens with zero attached hydrogens (tertiary/aromatic N) is 1. The molecule has 8 heteroatoms. The lowest BCUT2D eigenvalue weighted by Crippen LogP contribution is -2.60. The number of benzene rings is 2. The van der Waals surface area contributed by atoms with E-state index in [1.165, 1.54) is 0 Å². The molecule has 2 N–H and O–H groups in total. The highest BCUT2D eigenvalue weighted by Gasteiger charge is 2.37. The van der Waals surface area contributed by atoms with Crippen LogP contribution in [0.25, 0.3) is 11.1 Å². The maximum absolute atomic E-state index is 13.0. The summed E-state index contributed by atoms with van der Waals surface area (Å²) in [6, 6.07) is 15.5. The molecular weight excluding hydrogens is 436 g/mol. The van der Waals surface area contributed by atoms with Crippen LogP contribution in [-0.2, 0) is 19.1 Å². The molecule has 0 bridgehead atoms. The molecule has 1 aliphatic carbocycles. The largest absolute Gasteiger partial charge is 0.480 e. The van der Waals surface area contributed by atoms with Crippen molar-refractivity contribution in [2.45, 2.75) is 38.3 Å². The van der Waals surface area contributed by atoms with Crippen molar-refractivity contribution in [2.75, 3.05) is 26.3 Å². The van der Waals surface area contributed by atoms with Gasteiger partial charge < -0.3 is 24.8 Å². The number of aliphatic carboxylic acids is 1. The zero-order chi connectivity index (χ0) is 24.2. The monoisotopic (exact) mass is 466 g/mol. The summed E-state index contributed by atoms with van der Waals surface area (Å²) in [5, 5.41) is 11.5. The number of carbonyl (C=O) groups excluding carboxylic acids is 2. The van der Waals surface area contributed by atoms with Crippen molar-refractivity contribution < 1.29 is 29.0 Å². The Hall–Kier alpha value is -3.39. The molecule has 1 aliphatic heterocycles. The van der Waals surface area contributed by atoms with Crippen LogP contribution < -0.4 is 5.32 Å². The van der Waals surface area contributed by atoms with Gasteiger partial charge in [0.2, 0.25) is 5.91 Å². The second kappa shape index (κ2) is 10.3. The number of rotatable bonds is 9. The predicted octanol–water partition coefficient (Wildman–Crippen LogP) is 3.25. The lowest BCUT2D eigenvalue weighted by molar-refractivity contribution is -0.155. The Morgan fingerprint density at radius 1 is 1.03 bits per heavy atom. The van der Waals surface area contributed by atoms with Gasteiger partial charge in [0.05, 0.1) is 6.10 Å². The Balaban J connectivity index is 1.35. The Bertz CT molecular complexity index is 1020. The molecule has 1 heterocycles. The first-order valence-corrected chi connectivity index (χ1v) is 11.6. The number of fused-ring (bicyclic) bond motifs is 3. The summed E-state index contributed by atoms with van der Waals surface area (Å²) in [4.78, 5) is 37.9. The average Bonchev–Trinajstić information content (AvgIpc) is 3.09. The van der Waals surface area contributed by atoms with Gasteiger partial charge in [0, 0.05) is 19.0 Å². The first-order chi connectivity index (χ1) is 16.3. The Morgan fingerprint density at radius 3 is 2.18 bits per heavy atom. The number of ether oxygens (including phenoxy) is 2. The number of amides is 2. The predicted molar refractivity (Wildman–Crippen MR) is 125 cm³/mol. The van der Waals surface area contributed by atoms with Crippen molar-refractivity contribution in [2.24, 2.45) is 5.92 Å². The summed E-state index contributed by atoms with van der Waals surface area (Å²) in [6.07, 6.45) is -0.450. The van der Waals surface area contributed by atoms with Crippen LogP contribution in [0.4, 0.5) is 4.79 Å². The summed E-state index contributed by atoms with van der Waals surface area (Å²) >= 11 is 0. The van der Waals surface area contributed by atoms with E-state index in [-0.39, 0.29) is 37.1 Å². The van der Waals surface area contributed by atoms with Crippen LogP contribution >= 0.6 is 0 Å². The minimum Gasteiger partial charge on any atom is -0.480 e. The second-order valence-electron chi connectivity index (χ2n) is 9.22. The van der Waals surface area contributed by atoms with E-state index in [0.29, 0.717) is 19.5 Å². The first-order valence-electron chi connectivity index (χ1n) is 11.6. The van der Waals surface area contributed by atoms with Crippen LogP contribution in [0, 0.1) is 5.92 Å². The minimum absolute atomic E-state index is 0.0556. The molecule has 4 rings (SSSR count). The standard InChI is InChI=1S/C26H30N2O6/c1-16(2)11-23(25(31)28-12-17(13-28)33-15-24(29)30)27-26(32)34-14-22-20-9-5-3-7-18(20)19-8-4-6-10-21(19)22/h3-10,16-17,22-23H,11-15H2,1-2H3,(H,27,32)(H,29,30)/t23-/m0/s1. The van der Waals surface area contributed by atoms with Gasteiger partial charge >= 0.3 is 12.1 Å². The molecule has 0 saturated carbocycles. The van der Waals surface area contributed by atoms with Crippen molar-refractivity contribution in [3.05, 3.63) is 59.7 Å². The zero-order valence-electron chi connectivity index (χ0n) is 19.4. The molecule has 0 aromatic heterocycles. The summed E-state index contributed by atoms with van der Waals surface area (Å²) in [5.41, 5.74) is 4.55. The fourth-order valence-electron chi connectivity index (χ4n) is 4.61. The number of hydrogen-bond acceptors (Lipinski definition) is 5. The van der Waals surface area contributed by atoms with E-state index in [1.807, 2.05) is 38.1 Å². The van der Waals surface area contributed by atoms with Crippen LogP contribution in [-0.4, -0.2) is 66.4 Å². The number of alkyl carbamates (subject to hydrolysis) is 1. The maximum Gasteiger partial charge on any atom is 0.407 e. The molecule has 0 spiro atoms. The van der Waals surface area contributed by atoms with E-state index in [9.17, 15) is 14.4 Å². The molecule has 2 amide bonds. The van der Waals surface area contributed by atoms with E-state index in [4.69, 9.17) is 14.6 Å². The van der Waals surface area contributed by atoms with E-state index in [1.54, 1.807) is 4.90 Å². The molecule has 0 radical (unpaired) electrons. The van der Waals surface area contributed by atoms with Crippen molar-refractivity contribution in [3.63, 3.8) is 0 Å². The first kappa shape index (κ1) is 23.8. The van der Waals surface area contributed by atoms with Crippen LogP contribution in [0.1, 0.15) is 37.3 Å². The number of carbonyl (C=O) groups is 3. The third-order valence-corrected chi connectivity index (χ3v) is 6.24. The van der Waals surface area contributed by atoms with Crippen molar-refractivity contribution in [1.82, 2.24) is 10.2 Å². The third-order valence-electron chi connectivity index (χ3n) is 6.24. The molecule has 2 aliphatic rings. The van der Waals surface area contributed by atoms with Gasteiger partial charge in [-0.3, -0.25) is 4.79 Å². The van der Waals surface area contributed by atoms with Gasteiger partial charge in [0.1, 0.15) is 19.3 Å². The highest BCUT2D eigenvalue weighted by molar-refractivity contribution is 5.86. The van der Waals surface area contributed by atoms with Gasteiger partial charge in [-0.1, -0.05) is 62.4 Å². The highest BCUT2D eigenvalue weighted by Crippen LogP contribution is 2.44. The van der Waals surface area contributed by atoms with Crippen molar-refractivity contribution in [3.8, 4) is 11.1 Å². The Labute approximate surface area is 198 Å². The van der Waals surface area contributed by atoms with Gasteiger partial charge in [-0.05, 0) is 34.6 Å². The van der Waals surface area contributed by atoms with Crippen molar-refractivity contribution in [1.29, 1.82) is 0 Å². The van der Waals surface area contributed by atoms with Crippen LogP contribution in [0.15, 0.2) is 48.5 Å². The molecule has 0 unspecified atom stereocenters. The van der Waals surface area contributed by atoms with Gasteiger partial charge in [-0.25, -0.2) is 9.59 Å². The topological polar surface area (TPSA) is 105 Å². The lowest BCUT2D eigenvalue weighted by atomic mass is 9.98. The SMILES string of the molecule is CC(C)C[C@H](NC(=O)OCC1c2ccccc2-c2ccccc21)C(=O)N1CC(OCC(=O)O)C1. The maximum atomic E-state index is 13.0. The number of hydrogen-bond donors (Lipinski definition) is 2. The summed E-state index contributed by atoms with van der Waals surface area (Å²) in [7, 11) is 0. The third kappa shape index (κ3) is 5.22. The molecule has 1 saturated heterocycles. The Morgan fingerprint density at radius 2 is 1.62 bits per heavy atom. The average molecular weight is 467 g/mol. The van der Waals surface area contributed by atoms with E-state index in [0.717, 1.165) is 22.3 Å². The molecule has 1 atom stereocenters. The quantitative estimate of drug-likeness (QED) is 0.588. The molecule has 34 heavy (non-hydrogen) atoms. The number of nitrogens with one attached hydrogen (secondary N) is 1. The highest BCUT2D eigenvalue weighted by atomic mass is 16.5. The zero-order valence-corrected chi connectivity index (χ0v) is 19.4. The van der Waals surface area contributed by atoms with E-state index < -0.39 is 18.1 Å². The molecule has 1 fully saturated rings. The molecule has 180 valence electrons. The van der Waals surface area contributed by atoms with E-state index >= 15 is 0 Å².